The molecule has 0 saturated carbocycles. The van der Waals surface area contributed by atoms with Gasteiger partial charge >= 0.3 is 6.18 Å². The first-order chi connectivity index (χ1) is 10.5. The van der Waals surface area contributed by atoms with Crippen LogP contribution in [0.3, 0.4) is 0 Å². The maximum Gasteiger partial charge on any atom is 0.405 e. The van der Waals surface area contributed by atoms with Crippen molar-refractivity contribution in [3.8, 4) is 0 Å². The Balaban J connectivity index is 1.81. The lowest BCUT2D eigenvalue weighted by molar-refractivity contribution is -0.139. The molecule has 1 N–H and O–H groups in total. The molecule has 3 rings (SSSR count). The number of halogens is 3. The van der Waals surface area contributed by atoms with Crippen LogP contribution in [0.1, 0.15) is 12.8 Å². The summed E-state index contributed by atoms with van der Waals surface area (Å²) in [5.41, 5.74) is 0. The number of hydrogen-bond acceptors (Lipinski definition) is 5. The third-order valence-corrected chi connectivity index (χ3v) is 4.35. The lowest BCUT2D eigenvalue weighted by atomic mass is 10.2. The van der Waals surface area contributed by atoms with E-state index in [1.807, 2.05) is 16.8 Å². The molecular weight excluding hydrogens is 317 g/mol. The summed E-state index contributed by atoms with van der Waals surface area (Å²) < 4.78 is 36.7. The Morgan fingerprint density at radius 3 is 3.05 bits per heavy atom. The predicted octanol–water partition coefficient (Wildman–Crippen LogP) is 2.34. The largest absolute Gasteiger partial charge is 0.405 e. The molecule has 1 atom stereocenters. The molecule has 0 spiro atoms. The summed E-state index contributed by atoms with van der Waals surface area (Å²) in [5, 5.41) is 4.65. The summed E-state index contributed by atoms with van der Waals surface area (Å²) in [7, 11) is 0. The van der Waals surface area contributed by atoms with Crippen LogP contribution in [-0.4, -0.2) is 41.2 Å². The number of rotatable bonds is 3. The topological polar surface area (TPSA) is 58.1 Å². The molecule has 22 heavy (non-hydrogen) atoms. The summed E-state index contributed by atoms with van der Waals surface area (Å²) in [6.07, 6.45) is -1.75. The lowest BCUT2D eigenvalue weighted by Gasteiger charge is -2.25. The number of amides is 1. The van der Waals surface area contributed by atoms with Crippen molar-refractivity contribution < 1.29 is 18.0 Å². The quantitative estimate of drug-likeness (QED) is 0.938. The molecule has 0 bridgehead atoms. The van der Waals surface area contributed by atoms with Crippen molar-refractivity contribution in [3.63, 3.8) is 0 Å². The minimum absolute atomic E-state index is 0.513. The molecule has 2 aromatic heterocycles. The minimum Gasteiger partial charge on any atom is -0.345 e. The maximum atomic E-state index is 12.2. The Labute approximate surface area is 128 Å². The fourth-order valence-electron chi connectivity index (χ4n) is 2.60. The van der Waals surface area contributed by atoms with Crippen LogP contribution >= 0.6 is 11.3 Å². The molecule has 1 fully saturated rings. The Morgan fingerprint density at radius 1 is 1.45 bits per heavy atom. The van der Waals surface area contributed by atoms with E-state index in [1.54, 1.807) is 4.90 Å². The van der Waals surface area contributed by atoms with Crippen LogP contribution in [0.4, 0.5) is 19.0 Å². The van der Waals surface area contributed by atoms with E-state index >= 15 is 0 Å². The van der Waals surface area contributed by atoms with Gasteiger partial charge in [-0.05, 0) is 24.3 Å². The maximum absolute atomic E-state index is 12.2. The monoisotopic (exact) mass is 330 g/mol. The smallest absolute Gasteiger partial charge is 0.345 e. The molecule has 2 aromatic rings. The molecule has 0 unspecified atom stereocenters. The summed E-state index contributed by atoms with van der Waals surface area (Å²) in [4.78, 5) is 23.0. The van der Waals surface area contributed by atoms with Crippen molar-refractivity contribution in [1.29, 1.82) is 0 Å². The number of nitrogens with one attached hydrogen (secondary N) is 1. The number of thiophene rings is 1. The first kappa shape index (κ1) is 15.0. The highest BCUT2D eigenvalue weighted by Crippen LogP contribution is 2.31. The van der Waals surface area contributed by atoms with Gasteiger partial charge in [-0.15, -0.1) is 11.3 Å². The Morgan fingerprint density at radius 2 is 2.27 bits per heavy atom. The lowest BCUT2D eigenvalue weighted by Crippen LogP contribution is -2.46. The molecule has 1 amide bonds. The number of nitrogens with zero attached hydrogens (tertiary/aromatic N) is 3. The minimum atomic E-state index is -4.41. The van der Waals surface area contributed by atoms with Gasteiger partial charge in [0.05, 0.1) is 5.39 Å². The average Bonchev–Trinajstić information content (AvgIpc) is 3.11. The first-order valence-electron chi connectivity index (χ1n) is 6.75. The van der Waals surface area contributed by atoms with Gasteiger partial charge in [-0.1, -0.05) is 0 Å². The summed E-state index contributed by atoms with van der Waals surface area (Å²) in [6.45, 7) is -0.722. The van der Waals surface area contributed by atoms with E-state index in [-0.39, 0.29) is 0 Å². The van der Waals surface area contributed by atoms with Gasteiger partial charge in [-0.25, -0.2) is 9.97 Å². The highest BCUT2D eigenvalue weighted by atomic mass is 32.1. The molecule has 1 aliphatic rings. The van der Waals surface area contributed by atoms with Crippen LogP contribution in [0.5, 0.6) is 0 Å². The number of alkyl halides is 3. The second-order valence-corrected chi connectivity index (χ2v) is 5.92. The number of carbonyl (C=O) groups excluding carboxylic acids is 1. The molecule has 3 heterocycles. The molecule has 1 saturated heterocycles. The number of hydrogen-bond donors (Lipinski definition) is 1. The molecule has 9 heteroatoms. The molecule has 0 radical (unpaired) electrons. The average molecular weight is 330 g/mol. The van der Waals surface area contributed by atoms with Crippen LogP contribution < -0.4 is 10.2 Å². The van der Waals surface area contributed by atoms with Crippen molar-refractivity contribution in [2.24, 2.45) is 0 Å². The van der Waals surface area contributed by atoms with Crippen molar-refractivity contribution in [1.82, 2.24) is 15.3 Å². The molecule has 118 valence electrons. The van der Waals surface area contributed by atoms with Gasteiger partial charge in [0.15, 0.2) is 0 Å². The predicted molar refractivity (Wildman–Crippen MR) is 76.8 cm³/mol. The zero-order valence-corrected chi connectivity index (χ0v) is 12.2. The van der Waals surface area contributed by atoms with E-state index < -0.39 is 24.7 Å². The number of anilines is 1. The molecular formula is C13H13F3N4OS. The standard InChI is InChI=1S/C13H13F3N4OS/c14-13(15,16)6-17-11(21)9-2-1-4-20(9)10-8-3-5-22-12(8)19-7-18-10/h3,5,7,9H,1-2,4,6H2,(H,17,21)/t9-/m0/s1. The van der Waals surface area contributed by atoms with Gasteiger partial charge in [0.2, 0.25) is 5.91 Å². The zero-order chi connectivity index (χ0) is 15.7. The van der Waals surface area contributed by atoms with E-state index in [1.165, 1.54) is 17.7 Å². The zero-order valence-electron chi connectivity index (χ0n) is 11.4. The third kappa shape index (κ3) is 2.99. The number of aromatic nitrogens is 2. The van der Waals surface area contributed by atoms with Crippen LogP contribution in [0.2, 0.25) is 0 Å². The van der Waals surface area contributed by atoms with E-state index in [2.05, 4.69) is 9.97 Å². The summed E-state index contributed by atoms with van der Waals surface area (Å²) >= 11 is 1.46. The van der Waals surface area contributed by atoms with Gasteiger partial charge in [0.25, 0.3) is 0 Å². The Hall–Kier alpha value is -1.90. The molecule has 1 aliphatic heterocycles. The van der Waals surface area contributed by atoms with Crippen molar-refractivity contribution >= 4 is 33.3 Å². The fraction of sp³-hybridized carbons (Fsp3) is 0.462. The normalized spacial score (nSPS) is 18.9. The van der Waals surface area contributed by atoms with Crippen LogP contribution in [0.25, 0.3) is 10.2 Å². The van der Waals surface area contributed by atoms with Crippen molar-refractivity contribution in [2.75, 3.05) is 18.0 Å². The first-order valence-corrected chi connectivity index (χ1v) is 7.63. The summed E-state index contributed by atoms with van der Waals surface area (Å²) in [6, 6.07) is 1.23. The van der Waals surface area contributed by atoms with Crippen LogP contribution in [-0.2, 0) is 4.79 Å². The second-order valence-electron chi connectivity index (χ2n) is 5.02. The Bertz CT molecular complexity index is 687. The van der Waals surface area contributed by atoms with E-state index in [0.29, 0.717) is 18.8 Å². The van der Waals surface area contributed by atoms with Gasteiger partial charge in [0.1, 0.15) is 29.6 Å². The van der Waals surface area contributed by atoms with Crippen LogP contribution in [0.15, 0.2) is 17.8 Å². The van der Waals surface area contributed by atoms with E-state index in [9.17, 15) is 18.0 Å². The molecule has 0 aromatic carbocycles. The Kier molecular flexibility index (Phi) is 3.90. The van der Waals surface area contributed by atoms with Gasteiger partial charge in [-0.2, -0.15) is 13.2 Å². The van der Waals surface area contributed by atoms with Gasteiger partial charge in [-0.3, -0.25) is 4.79 Å². The molecule has 0 aliphatic carbocycles. The van der Waals surface area contributed by atoms with Gasteiger partial charge < -0.3 is 10.2 Å². The van der Waals surface area contributed by atoms with Crippen LogP contribution in [0, 0.1) is 0 Å². The number of fused-ring (bicyclic) bond motifs is 1. The second kappa shape index (κ2) is 5.71. The highest BCUT2D eigenvalue weighted by molar-refractivity contribution is 7.16. The van der Waals surface area contributed by atoms with Gasteiger partial charge in [0, 0.05) is 6.54 Å². The third-order valence-electron chi connectivity index (χ3n) is 3.53. The van der Waals surface area contributed by atoms with E-state index in [4.69, 9.17) is 0 Å². The van der Waals surface area contributed by atoms with Crippen molar-refractivity contribution in [3.05, 3.63) is 17.8 Å². The molecule has 5 nitrogen and oxygen atoms in total. The SMILES string of the molecule is O=C(NCC(F)(F)F)[C@@H]1CCCN1c1ncnc2sccc12. The van der Waals surface area contributed by atoms with Crippen molar-refractivity contribution in [2.45, 2.75) is 25.1 Å². The highest BCUT2D eigenvalue weighted by Gasteiger charge is 2.35. The summed E-state index contributed by atoms with van der Waals surface area (Å²) in [5.74, 6) is -0.00674. The van der Waals surface area contributed by atoms with E-state index in [0.717, 1.165) is 16.6 Å². The fourth-order valence-corrected chi connectivity index (χ4v) is 3.33. The number of carbonyl (C=O) groups is 1.